The predicted octanol–water partition coefficient (Wildman–Crippen LogP) is 6.37. The highest BCUT2D eigenvalue weighted by Crippen LogP contribution is 2.34. The van der Waals surface area contributed by atoms with Crippen LogP contribution in [0.25, 0.3) is 0 Å². The summed E-state index contributed by atoms with van der Waals surface area (Å²) in [5, 5.41) is 0.493. The first-order valence-corrected chi connectivity index (χ1v) is 11.0. The summed E-state index contributed by atoms with van der Waals surface area (Å²) in [6.45, 7) is 7.50. The number of benzene rings is 3. The molecule has 1 heterocycles. The first-order chi connectivity index (χ1) is 14.6. The lowest BCUT2D eigenvalue weighted by Gasteiger charge is -2.31. The molecule has 1 aliphatic heterocycles. The number of hydrogen-bond donors (Lipinski definition) is 0. The first-order valence-electron chi connectivity index (χ1n) is 10.6. The van der Waals surface area contributed by atoms with Crippen molar-refractivity contribution in [3.63, 3.8) is 0 Å². The van der Waals surface area contributed by atoms with E-state index in [1.54, 1.807) is 12.1 Å². The van der Waals surface area contributed by atoms with Gasteiger partial charge < -0.3 is 0 Å². The lowest BCUT2D eigenvalue weighted by Crippen LogP contribution is -2.31. The van der Waals surface area contributed by atoms with Crippen molar-refractivity contribution in [2.75, 3.05) is 13.1 Å². The molecular formula is C26H28ClFN2. The van der Waals surface area contributed by atoms with Crippen molar-refractivity contribution < 1.29 is 4.39 Å². The molecule has 3 aromatic carbocycles. The van der Waals surface area contributed by atoms with Gasteiger partial charge in [-0.05, 0) is 47.7 Å². The second kappa shape index (κ2) is 9.30. The van der Waals surface area contributed by atoms with E-state index in [1.165, 1.54) is 28.3 Å². The molecule has 1 saturated heterocycles. The van der Waals surface area contributed by atoms with Crippen LogP contribution in [0.4, 0.5) is 4.39 Å². The third-order valence-corrected chi connectivity index (χ3v) is 6.46. The monoisotopic (exact) mass is 422 g/mol. The molecule has 0 N–H and O–H groups in total. The summed E-state index contributed by atoms with van der Waals surface area (Å²) in [6.07, 6.45) is 1.11. The molecule has 0 aliphatic carbocycles. The Morgan fingerprint density at radius 1 is 0.900 bits per heavy atom. The quantitative estimate of drug-likeness (QED) is 0.455. The highest BCUT2D eigenvalue weighted by Gasteiger charge is 2.34. The molecule has 1 fully saturated rings. The van der Waals surface area contributed by atoms with Gasteiger partial charge in [0.2, 0.25) is 0 Å². The molecule has 30 heavy (non-hydrogen) atoms. The van der Waals surface area contributed by atoms with Gasteiger partial charge in [-0.2, -0.15) is 0 Å². The fourth-order valence-corrected chi connectivity index (χ4v) is 4.53. The Kier molecular flexibility index (Phi) is 6.52. The molecule has 0 spiro atoms. The van der Waals surface area contributed by atoms with Crippen molar-refractivity contribution in [1.29, 1.82) is 0 Å². The van der Waals surface area contributed by atoms with Crippen LogP contribution in [-0.4, -0.2) is 22.9 Å². The van der Waals surface area contributed by atoms with Gasteiger partial charge in [-0.15, -0.1) is 0 Å². The fourth-order valence-electron chi connectivity index (χ4n) is 4.30. The highest BCUT2D eigenvalue weighted by atomic mass is 35.5. The van der Waals surface area contributed by atoms with E-state index >= 15 is 0 Å². The Labute approximate surface area is 183 Å². The second-order valence-electron chi connectivity index (χ2n) is 8.04. The number of nitrogens with zero attached hydrogens (tertiary/aromatic N) is 2. The number of aryl methyl sites for hydroxylation is 2. The standard InChI is InChI=1S/C26H28ClFN2/c1-3-20-11-13-21(14-12-20)26-29(17-22-8-5-4-7-19(22)2)15-16-30(26)18-23-24(27)9-6-10-25(23)28/h4-14,26H,3,15-18H2,1-2H3/t26-/m1/s1. The van der Waals surface area contributed by atoms with E-state index in [4.69, 9.17) is 11.6 Å². The van der Waals surface area contributed by atoms with Gasteiger partial charge >= 0.3 is 0 Å². The highest BCUT2D eigenvalue weighted by molar-refractivity contribution is 6.31. The number of halogens is 2. The maximum atomic E-state index is 14.5. The minimum atomic E-state index is -0.236. The van der Waals surface area contributed by atoms with E-state index in [-0.39, 0.29) is 12.0 Å². The van der Waals surface area contributed by atoms with Crippen molar-refractivity contribution in [3.05, 3.63) is 105 Å². The van der Waals surface area contributed by atoms with E-state index in [9.17, 15) is 4.39 Å². The Morgan fingerprint density at radius 3 is 2.27 bits per heavy atom. The van der Waals surface area contributed by atoms with Crippen molar-refractivity contribution >= 4 is 11.6 Å². The maximum Gasteiger partial charge on any atom is 0.129 e. The molecule has 0 amide bonds. The molecule has 4 rings (SSSR count). The van der Waals surface area contributed by atoms with Crippen LogP contribution in [0.5, 0.6) is 0 Å². The van der Waals surface area contributed by atoms with Gasteiger partial charge in [0.05, 0.1) is 6.17 Å². The van der Waals surface area contributed by atoms with Crippen LogP contribution in [0.1, 0.15) is 40.9 Å². The van der Waals surface area contributed by atoms with Gasteiger partial charge in [-0.25, -0.2) is 4.39 Å². The van der Waals surface area contributed by atoms with E-state index in [0.717, 1.165) is 26.1 Å². The first kappa shape index (κ1) is 21.0. The second-order valence-corrected chi connectivity index (χ2v) is 8.44. The summed E-state index contributed by atoms with van der Waals surface area (Å²) in [7, 11) is 0. The Hall–Kier alpha value is -2.20. The number of hydrogen-bond acceptors (Lipinski definition) is 2. The van der Waals surface area contributed by atoms with E-state index in [1.807, 2.05) is 0 Å². The smallest absolute Gasteiger partial charge is 0.129 e. The van der Waals surface area contributed by atoms with Crippen LogP contribution in [-0.2, 0) is 19.5 Å². The zero-order chi connectivity index (χ0) is 21.1. The average Bonchev–Trinajstić information content (AvgIpc) is 3.14. The molecule has 156 valence electrons. The van der Waals surface area contributed by atoms with Gasteiger partial charge in [0.25, 0.3) is 0 Å². The lowest BCUT2D eigenvalue weighted by molar-refractivity contribution is 0.124. The maximum absolute atomic E-state index is 14.5. The topological polar surface area (TPSA) is 6.48 Å². The molecule has 0 aromatic heterocycles. The average molecular weight is 423 g/mol. The summed E-state index contributed by atoms with van der Waals surface area (Å²) < 4.78 is 14.5. The molecule has 0 unspecified atom stereocenters. The van der Waals surface area contributed by atoms with Gasteiger partial charge in [0.15, 0.2) is 0 Å². The van der Waals surface area contributed by atoms with E-state index < -0.39 is 0 Å². The molecule has 2 nitrogen and oxygen atoms in total. The Morgan fingerprint density at radius 2 is 1.60 bits per heavy atom. The molecule has 0 radical (unpaired) electrons. The van der Waals surface area contributed by atoms with Crippen molar-refractivity contribution in [3.8, 4) is 0 Å². The molecule has 1 atom stereocenters. The van der Waals surface area contributed by atoms with Crippen LogP contribution in [0.3, 0.4) is 0 Å². The third kappa shape index (κ3) is 4.44. The van der Waals surface area contributed by atoms with Crippen LogP contribution in [0.15, 0.2) is 66.7 Å². The van der Waals surface area contributed by atoms with Crippen LogP contribution < -0.4 is 0 Å². The molecule has 0 saturated carbocycles. The van der Waals surface area contributed by atoms with Crippen molar-refractivity contribution in [2.45, 2.75) is 39.5 Å². The Bertz CT molecular complexity index is 982. The molecular weight excluding hydrogens is 395 g/mol. The fraction of sp³-hybridized carbons (Fsp3) is 0.308. The minimum absolute atomic E-state index is 0.0891. The van der Waals surface area contributed by atoms with Gasteiger partial charge in [-0.3, -0.25) is 9.80 Å². The Balaban J connectivity index is 1.66. The SMILES string of the molecule is CCc1ccc([C@@H]2N(Cc3ccccc3C)CCN2Cc2c(F)cccc2Cl)cc1. The lowest BCUT2D eigenvalue weighted by atomic mass is 10.0. The van der Waals surface area contributed by atoms with Crippen molar-refractivity contribution in [1.82, 2.24) is 9.80 Å². The number of rotatable bonds is 6. The van der Waals surface area contributed by atoms with Crippen molar-refractivity contribution in [2.24, 2.45) is 0 Å². The molecule has 0 bridgehead atoms. The molecule has 4 heteroatoms. The summed E-state index contributed by atoms with van der Waals surface area (Å²) in [5.74, 6) is -0.236. The molecule has 1 aliphatic rings. The van der Waals surface area contributed by atoms with Crippen LogP contribution >= 0.6 is 11.6 Å². The zero-order valence-electron chi connectivity index (χ0n) is 17.6. The van der Waals surface area contributed by atoms with Gasteiger partial charge in [-0.1, -0.05) is 73.1 Å². The summed E-state index contributed by atoms with van der Waals surface area (Å²) >= 11 is 6.35. The largest absolute Gasteiger partial charge is 0.278 e. The minimum Gasteiger partial charge on any atom is -0.278 e. The predicted molar refractivity (Wildman–Crippen MR) is 122 cm³/mol. The van der Waals surface area contributed by atoms with Crippen LogP contribution in [0, 0.1) is 12.7 Å². The van der Waals surface area contributed by atoms with Gasteiger partial charge in [0, 0.05) is 36.8 Å². The van der Waals surface area contributed by atoms with E-state index in [0.29, 0.717) is 17.1 Å². The third-order valence-electron chi connectivity index (χ3n) is 6.11. The molecule has 3 aromatic rings. The summed E-state index contributed by atoms with van der Waals surface area (Å²) in [5.41, 5.74) is 5.77. The van der Waals surface area contributed by atoms with Crippen LogP contribution in [0.2, 0.25) is 5.02 Å². The normalized spacial score (nSPS) is 17.5. The van der Waals surface area contributed by atoms with Gasteiger partial charge in [0.1, 0.15) is 5.82 Å². The summed E-state index contributed by atoms with van der Waals surface area (Å²) in [6, 6.07) is 22.3. The summed E-state index contributed by atoms with van der Waals surface area (Å²) in [4.78, 5) is 4.82. The zero-order valence-corrected chi connectivity index (χ0v) is 18.4. The van der Waals surface area contributed by atoms with E-state index in [2.05, 4.69) is 72.2 Å².